The molecule has 1 aliphatic rings. The molecular formula is C20H23N5O2. The van der Waals surface area contributed by atoms with Crippen LogP contribution in [0.3, 0.4) is 0 Å². The largest absolute Gasteiger partial charge is 0.461 e. The standard InChI is InChI=1S/C20H23N5O2/c1-13-6-4-9-19(2,3)20(13,26)10-8-14-12-25-18(16(21)22-14)23-17(24-25)15-7-5-11-27-15/h5,7,11-13,26H,4,6,9H2,1-3H3,(H2,21,22). The first-order chi connectivity index (χ1) is 12.8. The zero-order valence-corrected chi connectivity index (χ0v) is 15.7. The normalized spacial score (nSPS) is 24.5. The second kappa shape index (κ2) is 6.10. The lowest BCUT2D eigenvalue weighted by Crippen LogP contribution is -2.51. The second-order valence-corrected chi connectivity index (χ2v) is 7.89. The molecule has 0 radical (unpaired) electrons. The Bertz CT molecular complexity index is 1040. The molecule has 1 aliphatic carbocycles. The Labute approximate surface area is 157 Å². The summed E-state index contributed by atoms with van der Waals surface area (Å²) in [7, 11) is 0. The number of furan rings is 1. The molecule has 0 saturated heterocycles. The van der Waals surface area contributed by atoms with Gasteiger partial charge in [-0.25, -0.2) is 14.5 Å². The highest BCUT2D eigenvalue weighted by atomic mass is 16.3. The number of fused-ring (bicyclic) bond motifs is 1. The molecule has 1 fully saturated rings. The monoisotopic (exact) mass is 365 g/mol. The van der Waals surface area contributed by atoms with Crippen LogP contribution in [0, 0.1) is 23.2 Å². The summed E-state index contributed by atoms with van der Waals surface area (Å²) >= 11 is 0. The van der Waals surface area contributed by atoms with Crippen LogP contribution in [0.5, 0.6) is 0 Å². The lowest BCUT2D eigenvalue weighted by Gasteiger charge is -2.47. The maximum absolute atomic E-state index is 11.3. The molecule has 27 heavy (non-hydrogen) atoms. The molecule has 7 nitrogen and oxygen atoms in total. The van der Waals surface area contributed by atoms with Crippen molar-refractivity contribution in [1.29, 1.82) is 0 Å². The van der Waals surface area contributed by atoms with Gasteiger partial charge in [0.2, 0.25) is 5.82 Å². The van der Waals surface area contributed by atoms with Gasteiger partial charge in [-0.05, 0) is 36.8 Å². The van der Waals surface area contributed by atoms with E-state index >= 15 is 0 Å². The van der Waals surface area contributed by atoms with Gasteiger partial charge in [0.05, 0.1) is 12.5 Å². The molecule has 7 heteroatoms. The minimum Gasteiger partial charge on any atom is -0.461 e. The Morgan fingerprint density at radius 1 is 1.37 bits per heavy atom. The summed E-state index contributed by atoms with van der Waals surface area (Å²) < 4.78 is 6.88. The molecule has 0 aliphatic heterocycles. The van der Waals surface area contributed by atoms with Gasteiger partial charge in [0, 0.05) is 5.41 Å². The molecule has 0 spiro atoms. The summed E-state index contributed by atoms with van der Waals surface area (Å²) in [4.78, 5) is 8.69. The van der Waals surface area contributed by atoms with Gasteiger partial charge >= 0.3 is 0 Å². The van der Waals surface area contributed by atoms with Crippen LogP contribution in [-0.2, 0) is 0 Å². The van der Waals surface area contributed by atoms with Crippen molar-refractivity contribution in [3.63, 3.8) is 0 Å². The molecule has 0 bridgehead atoms. The number of nitrogens with zero attached hydrogens (tertiary/aromatic N) is 4. The van der Waals surface area contributed by atoms with Crippen LogP contribution in [-0.4, -0.2) is 30.3 Å². The Balaban J connectivity index is 1.74. The molecule has 3 heterocycles. The average molecular weight is 365 g/mol. The highest BCUT2D eigenvalue weighted by Gasteiger charge is 2.48. The summed E-state index contributed by atoms with van der Waals surface area (Å²) in [5.41, 5.74) is 5.58. The second-order valence-electron chi connectivity index (χ2n) is 7.89. The summed E-state index contributed by atoms with van der Waals surface area (Å²) in [6, 6.07) is 3.55. The molecule has 2 atom stereocenters. The van der Waals surface area contributed by atoms with E-state index in [1.807, 2.05) is 6.92 Å². The van der Waals surface area contributed by atoms with Gasteiger partial charge in [-0.1, -0.05) is 33.1 Å². The minimum absolute atomic E-state index is 0.0896. The molecule has 1 saturated carbocycles. The lowest BCUT2D eigenvalue weighted by atomic mass is 9.61. The molecule has 0 aromatic carbocycles. The van der Waals surface area contributed by atoms with E-state index in [1.54, 1.807) is 29.1 Å². The number of nitrogens with two attached hydrogens (primary N) is 1. The van der Waals surface area contributed by atoms with Crippen molar-refractivity contribution in [2.24, 2.45) is 11.3 Å². The topological polar surface area (TPSA) is 102 Å². The quantitative estimate of drug-likeness (QED) is 0.643. The molecule has 0 amide bonds. The van der Waals surface area contributed by atoms with Crippen LogP contribution in [0.25, 0.3) is 17.2 Å². The van der Waals surface area contributed by atoms with Gasteiger partial charge in [0.25, 0.3) is 0 Å². The fraction of sp³-hybridized carbons (Fsp3) is 0.450. The van der Waals surface area contributed by atoms with Crippen molar-refractivity contribution in [2.45, 2.75) is 45.6 Å². The van der Waals surface area contributed by atoms with Crippen molar-refractivity contribution in [3.8, 4) is 23.4 Å². The van der Waals surface area contributed by atoms with Crippen LogP contribution >= 0.6 is 0 Å². The van der Waals surface area contributed by atoms with Crippen LogP contribution in [0.1, 0.15) is 45.7 Å². The van der Waals surface area contributed by atoms with E-state index in [-0.39, 0.29) is 17.2 Å². The van der Waals surface area contributed by atoms with Crippen molar-refractivity contribution in [1.82, 2.24) is 19.6 Å². The predicted molar refractivity (Wildman–Crippen MR) is 102 cm³/mol. The highest BCUT2D eigenvalue weighted by Crippen LogP contribution is 2.46. The van der Waals surface area contributed by atoms with E-state index in [9.17, 15) is 5.11 Å². The molecule has 3 aromatic heterocycles. The average Bonchev–Trinajstić information content (AvgIpc) is 3.27. The van der Waals surface area contributed by atoms with Crippen LogP contribution in [0.2, 0.25) is 0 Å². The SMILES string of the molecule is CC1CCCC(C)(C)C1(O)C#Cc1cn2nc(-c3ccco3)nc2c(N)n1. The van der Waals surface area contributed by atoms with Gasteiger partial charge in [-0.15, -0.1) is 5.10 Å². The molecule has 3 aromatic rings. The molecular weight excluding hydrogens is 342 g/mol. The third-order valence-corrected chi connectivity index (χ3v) is 5.65. The van der Waals surface area contributed by atoms with E-state index in [4.69, 9.17) is 10.2 Å². The summed E-state index contributed by atoms with van der Waals surface area (Å²) in [5, 5.41) is 15.7. The first-order valence-electron chi connectivity index (χ1n) is 9.12. The Morgan fingerprint density at radius 3 is 2.89 bits per heavy atom. The van der Waals surface area contributed by atoms with Crippen molar-refractivity contribution >= 4 is 11.5 Å². The van der Waals surface area contributed by atoms with Crippen LogP contribution in [0.4, 0.5) is 5.82 Å². The third kappa shape index (κ3) is 2.86. The minimum atomic E-state index is -1.07. The number of rotatable bonds is 1. The fourth-order valence-electron chi connectivity index (χ4n) is 3.85. The smallest absolute Gasteiger partial charge is 0.218 e. The van der Waals surface area contributed by atoms with E-state index in [1.165, 1.54) is 0 Å². The van der Waals surface area contributed by atoms with Gasteiger partial charge in [0.15, 0.2) is 17.2 Å². The van der Waals surface area contributed by atoms with Crippen LogP contribution in [0.15, 0.2) is 29.0 Å². The number of nitrogen functional groups attached to an aromatic ring is 1. The highest BCUT2D eigenvalue weighted by molar-refractivity contribution is 5.64. The Hall–Kier alpha value is -2.85. The summed E-state index contributed by atoms with van der Waals surface area (Å²) in [6.07, 6.45) is 6.23. The van der Waals surface area contributed by atoms with E-state index in [2.05, 4.69) is 40.8 Å². The molecule has 4 rings (SSSR count). The number of aromatic nitrogens is 4. The molecule has 2 unspecified atom stereocenters. The molecule has 3 N–H and O–H groups in total. The number of anilines is 1. The van der Waals surface area contributed by atoms with E-state index in [0.717, 1.165) is 19.3 Å². The number of hydrogen-bond acceptors (Lipinski definition) is 6. The van der Waals surface area contributed by atoms with E-state index in [0.29, 0.717) is 22.9 Å². The Morgan fingerprint density at radius 2 is 2.19 bits per heavy atom. The molecule has 140 valence electrons. The van der Waals surface area contributed by atoms with Gasteiger partial charge in [0.1, 0.15) is 11.3 Å². The Kier molecular flexibility index (Phi) is 3.97. The van der Waals surface area contributed by atoms with Crippen molar-refractivity contribution in [2.75, 3.05) is 5.73 Å². The maximum atomic E-state index is 11.3. The zero-order chi connectivity index (χ0) is 19.2. The predicted octanol–water partition coefficient (Wildman–Crippen LogP) is 2.90. The summed E-state index contributed by atoms with van der Waals surface area (Å²) in [5.74, 6) is 7.41. The van der Waals surface area contributed by atoms with Crippen LogP contribution < -0.4 is 5.73 Å². The van der Waals surface area contributed by atoms with Crippen molar-refractivity contribution in [3.05, 3.63) is 30.3 Å². The van der Waals surface area contributed by atoms with Gasteiger partial charge in [-0.3, -0.25) is 0 Å². The number of hydrogen-bond donors (Lipinski definition) is 2. The van der Waals surface area contributed by atoms with Crippen molar-refractivity contribution < 1.29 is 9.52 Å². The summed E-state index contributed by atoms with van der Waals surface area (Å²) in [6.45, 7) is 6.18. The number of aliphatic hydroxyl groups is 1. The van der Waals surface area contributed by atoms with Gasteiger partial charge < -0.3 is 15.3 Å². The maximum Gasteiger partial charge on any atom is 0.218 e. The van der Waals surface area contributed by atoms with E-state index < -0.39 is 5.60 Å². The van der Waals surface area contributed by atoms with Gasteiger partial charge in [-0.2, -0.15) is 0 Å². The first-order valence-corrected chi connectivity index (χ1v) is 9.12. The zero-order valence-electron chi connectivity index (χ0n) is 15.7. The lowest BCUT2D eigenvalue weighted by molar-refractivity contribution is -0.0860. The first kappa shape index (κ1) is 17.6. The third-order valence-electron chi connectivity index (χ3n) is 5.65. The fourth-order valence-corrected chi connectivity index (χ4v) is 3.85.